The highest BCUT2D eigenvalue weighted by molar-refractivity contribution is 7.09. The number of guanidine groups is 1. The third kappa shape index (κ3) is 4.73. The lowest BCUT2D eigenvalue weighted by Gasteiger charge is -2.11. The van der Waals surface area contributed by atoms with E-state index in [2.05, 4.69) is 39.0 Å². The smallest absolute Gasteiger partial charge is 0.191 e. The summed E-state index contributed by atoms with van der Waals surface area (Å²) < 4.78 is 5.23. The Morgan fingerprint density at radius 2 is 2.14 bits per heavy atom. The number of rotatable bonds is 6. The van der Waals surface area contributed by atoms with E-state index in [0.29, 0.717) is 13.1 Å². The molecule has 2 rings (SSSR count). The van der Waals surface area contributed by atoms with Gasteiger partial charge in [-0.05, 0) is 24.1 Å². The predicted molar refractivity (Wildman–Crippen MR) is 91.5 cm³/mol. The van der Waals surface area contributed by atoms with Gasteiger partial charge in [0.05, 0.1) is 24.4 Å². The molecule has 0 fully saturated rings. The van der Waals surface area contributed by atoms with Crippen molar-refractivity contribution in [1.29, 1.82) is 0 Å². The summed E-state index contributed by atoms with van der Waals surface area (Å²) in [5.74, 6) is 1.62. The molecule has 0 aliphatic rings. The maximum absolute atomic E-state index is 5.23. The molecular formula is C16H22N4OS. The van der Waals surface area contributed by atoms with Gasteiger partial charge in [-0.3, -0.25) is 4.99 Å². The number of nitrogens with zero attached hydrogens (tertiary/aromatic N) is 2. The van der Waals surface area contributed by atoms with Crippen molar-refractivity contribution in [2.24, 2.45) is 4.99 Å². The van der Waals surface area contributed by atoms with Crippen LogP contribution in [0.25, 0.3) is 0 Å². The van der Waals surface area contributed by atoms with Crippen molar-refractivity contribution in [3.05, 3.63) is 45.9 Å². The average Bonchev–Trinajstić information content (AvgIpc) is 3.03. The number of thiazole rings is 1. The molecule has 0 aliphatic carbocycles. The zero-order valence-electron chi connectivity index (χ0n) is 13.2. The Bertz CT molecular complexity index is 624. The molecule has 1 aromatic carbocycles. The standard InChI is InChI=1S/C16H22N4OS/c1-4-15-20-13(11-22-15)10-19-16(17-2)18-9-12-6-5-7-14(8-12)21-3/h5-8,11H,4,9-10H2,1-3H3,(H2,17,18,19). The fraction of sp³-hybridized carbons (Fsp3) is 0.375. The summed E-state index contributed by atoms with van der Waals surface area (Å²) >= 11 is 1.70. The Hall–Kier alpha value is -2.08. The fourth-order valence-electron chi connectivity index (χ4n) is 1.96. The summed E-state index contributed by atoms with van der Waals surface area (Å²) in [6, 6.07) is 7.97. The number of hydrogen-bond acceptors (Lipinski definition) is 4. The molecule has 0 atom stereocenters. The highest BCUT2D eigenvalue weighted by Crippen LogP contribution is 2.12. The highest BCUT2D eigenvalue weighted by atomic mass is 32.1. The average molecular weight is 318 g/mol. The van der Waals surface area contributed by atoms with E-state index in [4.69, 9.17) is 4.74 Å². The van der Waals surface area contributed by atoms with Gasteiger partial charge in [-0.25, -0.2) is 4.98 Å². The molecule has 2 N–H and O–H groups in total. The van der Waals surface area contributed by atoms with E-state index >= 15 is 0 Å². The van der Waals surface area contributed by atoms with Crippen molar-refractivity contribution in [3.63, 3.8) is 0 Å². The van der Waals surface area contributed by atoms with Crippen LogP contribution in [-0.4, -0.2) is 25.1 Å². The molecule has 1 heterocycles. The van der Waals surface area contributed by atoms with Gasteiger partial charge in [-0.1, -0.05) is 19.1 Å². The number of methoxy groups -OCH3 is 1. The molecule has 0 saturated heterocycles. The first kappa shape index (κ1) is 16.3. The first-order valence-electron chi connectivity index (χ1n) is 7.26. The second kappa shape index (κ2) is 8.38. The summed E-state index contributed by atoms with van der Waals surface area (Å²) in [4.78, 5) is 8.76. The number of ether oxygens (including phenoxy) is 1. The molecule has 0 spiro atoms. The summed E-state index contributed by atoms with van der Waals surface area (Å²) in [5.41, 5.74) is 2.19. The zero-order chi connectivity index (χ0) is 15.8. The quantitative estimate of drug-likeness (QED) is 0.635. The normalized spacial score (nSPS) is 11.3. The van der Waals surface area contributed by atoms with Crippen LogP contribution in [0.2, 0.25) is 0 Å². The molecule has 0 unspecified atom stereocenters. The SMILES string of the molecule is CCc1nc(CNC(=NC)NCc2cccc(OC)c2)cs1. The third-order valence-corrected chi connectivity index (χ3v) is 4.20. The lowest BCUT2D eigenvalue weighted by Crippen LogP contribution is -2.36. The van der Waals surface area contributed by atoms with E-state index in [1.807, 2.05) is 18.2 Å². The van der Waals surface area contributed by atoms with Gasteiger partial charge in [0.2, 0.25) is 0 Å². The summed E-state index contributed by atoms with van der Waals surface area (Å²) in [5, 5.41) is 9.81. The second-order valence-corrected chi connectivity index (χ2v) is 5.66. The number of nitrogens with one attached hydrogen (secondary N) is 2. The Labute approximate surface area is 135 Å². The Kier molecular flexibility index (Phi) is 6.21. The maximum Gasteiger partial charge on any atom is 0.191 e. The molecule has 5 nitrogen and oxygen atoms in total. The lowest BCUT2D eigenvalue weighted by atomic mass is 10.2. The Morgan fingerprint density at radius 3 is 2.82 bits per heavy atom. The van der Waals surface area contributed by atoms with Gasteiger partial charge >= 0.3 is 0 Å². The topological polar surface area (TPSA) is 58.5 Å². The third-order valence-electron chi connectivity index (χ3n) is 3.16. The molecule has 118 valence electrons. The van der Waals surface area contributed by atoms with Crippen LogP contribution in [0.4, 0.5) is 0 Å². The van der Waals surface area contributed by atoms with Crippen LogP contribution >= 0.6 is 11.3 Å². The number of benzene rings is 1. The van der Waals surface area contributed by atoms with Crippen LogP contribution in [0.1, 0.15) is 23.2 Å². The molecule has 2 aromatic rings. The van der Waals surface area contributed by atoms with E-state index < -0.39 is 0 Å². The van der Waals surface area contributed by atoms with Crippen molar-refractivity contribution in [3.8, 4) is 5.75 Å². The molecule has 0 bridgehead atoms. The first-order valence-corrected chi connectivity index (χ1v) is 8.13. The second-order valence-electron chi connectivity index (χ2n) is 4.72. The highest BCUT2D eigenvalue weighted by Gasteiger charge is 2.03. The minimum absolute atomic E-state index is 0.675. The summed E-state index contributed by atoms with van der Waals surface area (Å²) in [6.07, 6.45) is 0.980. The molecule has 0 radical (unpaired) electrons. The Morgan fingerprint density at radius 1 is 1.32 bits per heavy atom. The number of aryl methyl sites for hydroxylation is 1. The van der Waals surface area contributed by atoms with Gasteiger partial charge in [-0.15, -0.1) is 11.3 Å². The van der Waals surface area contributed by atoms with Gasteiger partial charge in [0.1, 0.15) is 5.75 Å². The van der Waals surface area contributed by atoms with Crippen molar-refractivity contribution in [2.75, 3.05) is 14.2 Å². The monoisotopic (exact) mass is 318 g/mol. The van der Waals surface area contributed by atoms with E-state index in [9.17, 15) is 0 Å². The molecule has 0 saturated carbocycles. The number of aliphatic imine (C=N–C) groups is 1. The van der Waals surface area contributed by atoms with Crippen LogP contribution in [-0.2, 0) is 19.5 Å². The van der Waals surface area contributed by atoms with E-state index in [0.717, 1.165) is 34.4 Å². The molecule has 0 amide bonds. The van der Waals surface area contributed by atoms with E-state index in [1.54, 1.807) is 25.5 Å². The molecular weight excluding hydrogens is 296 g/mol. The van der Waals surface area contributed by atoms with Gasteiger partial charge < -0.3 is 15.4 Å². The van der Waals surface area contributed by atoms with Crippen LogP contribution in [0.5, 0.6) is 5.75 Å². The maximum atomic E-state index is 5.23. The van der Waals surface area contributed by atoms with Gasteiger partial charge in [0.15, 0.2) is 5.96 Å². The number of hydrogen-bond donors (Lipinski definition) is 2. The summed E-state index contributed by atoms with van der Waals surface area (Å²) in [7, 11) is 3.44. The molecule has 0 aliphatic heterocycles. The van der Waals surface area contributed by atoms with Gasteiger partial charge in [0, 0.05) is 19.0 Å². The summed E-state index contributed by atoms with van der Waals surface area (Å²) in [6.45, 7) is 3.48. The van der Waals surface area contributed by atoms with Crippen molar-refractivity contribution in [1.82, 2.24) is 15.6 Å². The zero-order valence-corrected chi connectivity index (χ0v) is 14.0. The van der Waals surface area contributed by atoms with Crippen LogP contribution in [0.3, 0.4) is 0 Å². The molecule has 1 aromatic heterocycles. The lowest BCUT2D eigenvalue weighted by molar-refractivity contribution is 0.414. The van der Waals surface area contributed by atoms with Crippen molar-refractivity contribution in [2.45, 2.75) is 26.4 Å². The largest absolute Gasteiger partial charge is 0.497 e. The van der Waals surface area contributed by atoms with Crippen molar-refractivity contribution >= 4 is 17.3 Å². The fourth-order valence-corrected chi connectivity index (χ4v) is 2.70. The van der Waals surface area contributed by atoms with Crippen LogP contribution in [0, 0.1) is 0 Å². The van der Waals surface area contributed by atoms with Crippen LogP contribution < -0.4 is 15.4 Å². The van der Waals surface area contributed by atoms with E-state index in [1.165, 1.54) is 0 Å². The minimum atomic E-state index is 0.675. The van der Waals surface area contributed by atoms with Gasteiger partial charge in [-0.2, -0.15) is 0 Å². The molecule has 6 heteroatoms. The van der Waals surface area contributed by atoms with Crippen molar-refractivity contribution < 1.29 is 4.74 Å². The van der Waals surface area contributed by atoms with E-state index in [-0.39, 0.29) is 0 Å². The van der Waals surface area contributed by atoms with Gasteiger partial charge in [0.25, 0.3) is 0 Å². The van der Waals surface area contributed by atoms with Crippen LogP contribution in [0.15, 0.2) is 34.6 Å². The Balaban J connectivity index is 1.84. The molecule has 22 heavy (non-hydrogen) atoms. The first-order chi connectivity index (χ1) is 10.7. The predicted octanol–water partition coefficient (Wildman–Crippen LogP) is 2.58. The number of aromatic nitrogens is 1. The minimum Gasteiger partial charge on any atom is -0.497 e.